The van der Waals surface area contributed by atoms with Crippen LogP contribution >= 0.6 is 0 Å². The van der Waals surface area contributed by atoms with Crippen LogP contribution in [0.15, 0.2) is 12.2 Å². The van der Waals surface area contributed by atoms with Gasteiger partial charge < -0.3 is 8.85 Å². The molecule has 0 aromatic heterocycles. The van der Waals surface area contributed by atoms with Gasteiger partial charge in [0.15, 0.2) is 0 Å². The molecule has 2 fully saturated rings. The zero-order chi connectivity index (χ0) is 11.9. The minimum atomic E-state index is -2.00. The molecule has 17 heavy (non-hydrogen) atoms. The summed E-state index contributed by atoms with van der Waals surface area (Å²) < 4.78 is 14.1. The van der Waals surface area contributed by atoms with Crippen LogP contribution in [0.5, 0.6) is 0 Å². The molecule has 0 N–H and O–H groups in total. The third-order valence-corrected chi connectivity index (χ3v) is 8.54. The lowest BCUT2D eigenvalue weighted by Gasteiger charge is -2.35. The van der Waals surface area contributed by atoms with Crippen LogP contribution in [0.4, 0.5) is 0 Å². The lowest BCUT2D eigenvalue weighted by atomic mass is 9.94. The number of nitrogens with zero attached hydrogens (tertiary/aromatic N) is 1. The Kier molecular flexibility index (Phi) is 3.15. The third kappa shape index (κ3) is 1.91. The molecular formula is C13H23NO2Si. The van der Waals surface area contributed by atoms with Crippen molar-refractivity contribution in [3.63, 3.8) is 0 Å². The van der Waals surface area contributed by atoms with E-state index in [1.165, 1.54) is 32.4 Å². The van der Waals surface area contributed by atoms with E-state index in [1.807, 2.05) is 14.2 Å². The first-order valence-electron chi connectivity index (χ1n) is 6.81. The predicted octanol–water partition coefficient (Wildman–Crippen LogP) is 2.14. The highest BCUT2D eigenvalue weighted by molar-refractivity contribution is 6.65. The summed E-state index contributed by atoms with van der Waals surface area (Å²) in [4.78, 5) is 0. The molecule has 3 aliphatic rings. The Hall–Kier alpha value is -0.163. The predicted molar refractivity (Wildman–Crippen MR) is 69.6 cm³/mol. The van der Waals surface area contributed by atoms with Crippen LogP contribution in [-0.4, -0.2) is 40.6 Å². The molecule has 0 radical (unpaired) electrons. The van der Waals surface area contributed by atoms with Crippen molar-refractivity contribution in [2.75, 3.05) is 27.3 Å². The van der Waals surface area contributed by atoms with Crippen molar-refractivity contribution in [2.45, 2.75) is 25.3 Å². The Bertz CT molecular complexity index is 317. The maximum atomic E-state index is 5.78. The highest BCUT2D eigenvalue weighted by atomic mass is 28.4. The van der Waals surface area contributed by atoms with E-state index in [0.717, 1.165) is 23.8 Å². The molecular weight excluding hydrogens is 230 g/mol. The van der Waals surface area contributed by atoms with E-state index in [4.69, 9.17) is 8.85 Å². The number of hydrogen-bond donors (Lipinski definition) is 0. The van der Waals surface area contributed by atoms with Crippen LogP contribution in [0.2, 0.25) is 6.04 Å². The Morgan fingerprint density at radius 1 is 1.24 bits per heavy atom. The van der Waals surface area contributed by atoms with Crippen LogP contribution in [0.25, 0.3) is 0 Å². The SMILES string of the molecule is CO[Si]1(OC)CCCN1CC1CC2C=CC1C2. The summed E-state index contributed by atoms with van der Waals surface area (Å²) in [6.45, 7) is 2.37. The molecule has 3 rings (SSSR count). The maximum Gasteiger partial charge on any atom is 0.427 e. The van der Waals surface area contributed by atoms with Gasteiger partial charge >= 0.3 is 8.72 Å². The van der Waals surface area contributed by atoms with Crippen molar-refractivity contribution in [3.05, 3.63) is 12.2 Å². The number of rotatable bonds is 4. The maximum absolute atomic E-state index is 5.78. The van der Waals surface area contributed by atoms with E-state index >= 15 is 0 Å². The van der Waals surface area contributed by atoms with E-state index in [9.17, 15) is 0 Å². The fraction of sp³-hybridized carbons (Fsp3) is 0.846. The summed E-state index contributed by atoms with van der Waals surface area (Å²) in [6, 6.07) is 1.14. The van der Waals surface area contributed by atoms with Gasteiger partial charge in [-0.2, -0.15) is 0 Å². The van der Waals surface area contributed by atoms with E-state index in [0.29, 0.717) is 0 Å². The van der Waals surface area contributed by atoms with Crippen molar-refractivity contribution >= 4 is 8.72 Å². The lowest BCUT2D eigenvalue weighted by Crippen LogP contribution is -2.54. The second-order valence-electron chi connectivity index (χ2n) is 5.71. The molecule has 3 nitrogen and oxygen atoms in total. The second-order valence-corrected chi connectivity index (χ2v) is 9.09. The molecule has 0 amide bonds. The minimum absolute atomic E-state index is 0.834. The van der Waals surface area contributed by atoms with E-state index in [2.05, 4.69) is 16.7 Å². The molecule has 1 heterocycles. The Morgan fingerprint density at radius 3 is 2.65 bits per heavy atom. The molecule has 3 unspecified atom stereocenters. The van der Waals surface area contributed by atoms with Crippen LogP contribution in [0.1, 0.15) is 19.3 Å². The van der Waals surface area contributed by atoms with Gasteiger partial charge in [0.25, 0.3) is 0 Å². The molecule has 1 aliphatic heterocycles. The van der Waals surface area contributed by atoms with E-state index in [1.54, 1.807) is 0 Å². The van der Waals surface area contributed by atoms with Crippen LogP contribution in [0, 0.1) is 17.8 Å². The topological polar surface area (TPSA) is 21.7 Å². The van der Waals surface area contributed by atoms with Gasteiger partial charge in [0.05, 0.1) is 0 Å². The Labute approximate surface area is 105 Å². The normalized spacial score (nSPS) is 39.3. The lowest BCUT2D eigenvalue weighted by molar-refractivity contribution is 0.167. The van der Waals surface area contributed by atoms with Crippen molar-refractivity contribution in [3.8, 4) is 0 Å². The van der Waals surface area contributed by atoms with Gasteiger partial charge in [-0.05, 0) is 50.1 Å². The second kappa shape index (κ2) is 4.50. The van der Waals surface area contributed by atoms with Gasteiger partial charge in [0, 0.05) is 20.3 Å². The first kappa shape index (κ1) is 11.9. The molecule has 0 aromatic rings. The monoisotopic (exact) mass is 253 g/mol. The average Bonchev–Trinajstić information content (AvgIpc) is 3.04. The van der Waals surface area contributed by atoms with Gasteiger partial charge in [0.2, 0.25) is 0 Å². The zero-order valence-corrected chi connectivity index (χ0v) is 11.9. The smallest absolute Gasteiger partial charge is 0.386 e. The molecule has 0 aromatic carbocycles. The first-order valence-corrected chi connectivity index (χ1v) is 8.78. The fourth-order valence-electron chi connectivity index (χ4n) is 3.99. The van der Waals surface area contributed by atoms with Crippen molar-refractivity contribution in [2.24, 2.45) is 17.8 Å². The summed E-state index contributed by atoms with van der Waals surface area (Å²) in [6.07, 6.45) is 8.88. The summed E-state index contributed by atoms with van der Waals surface area (Å²) >= 11 is 0. The molecule has 2 aliphatic carbocycles. The summed E-state index contributed by atoms with van der Waals surface area (Å²) in [5, 5.41) is 0. The van der Waals surface area contributed by atoms with Crippen molar-refractivity contribution in [1.82, 2.24) is 4.57 Å². The summed E-state index contributed by atoms with van der Waals surface area (Å²) in [5.74, 6) is 2.55. The summed E-state index contributed by atoms with van der Waals surface area (Å²) in [7, 11) is 1.66. The molecule has 2 bridgehead atoms. The number of hydrogen-bond acceptors (Lipinski definition) is 3. The fourth-order valence-corrected chi connectivity index (χ4v) is 7.01. The zero-order valence-electron chi connectivity index (χ0n) is 10.9. The van der Waals surface area contributed by atoms with Crippen LogP contribution in [-0.2, 0) is 8.85 Å². The van der Waals surface area contributed by atoms with Gasteiger partial charge in [-0.3, -0.25) is 4.57 Å². The van der Waals surface area contributed by atoms with Crippen molar-refractivity contribution in [1.29, 1.82) is 0 Å². The Morgan fingerprint density at radius 2 is 2.06 bits per heavy atom. The van der Waals surface area contributed by atoms with Gasteiger partial charge in [0.1, 0.15) is 0 Å². The van der Waals surface area contributed by atoms with Gasteiger partial charge in [-0.1, -0.05) is 12.2 Å². The Balaban J connectivity index is 1.66. The van der Waals surface area contributed by atoms with Gasteiger partial charge in [-0.15, -0.1) is 0 Å². The van der Waals surface area contributed by atoms with Crippen LogP contribution < -0.4 is 0 Å². The average molecular weight is 253 g/mol. The minimum Gasteiger partial charge on any atom is -0.386 e. The molecule has 4 heteroatoms. The van der Waals surface area contributed by atoms with E-state index < -0.39 is 8.72 Å². The first-order chi connectivity index (χ1) is 8.27. The van der Waals surface area contributed by atoms with E-state index in [-0.39, 0.29) is 0 Å². The standard InChI is InChI=1S/C13H23NO2Si/c1-15-17(16-2)7-3-6-14(17)10-13-9-11-4-5-12(13)8-11/h4-5,11-13H,3,6-10H2,1-2H3. The highest BCUT2D eigenvalue weighted by Gasteiger charge is 2.49. The highest BCUT2D eigenvalue weighted by Crippen LogP contribution is 2.44. The third-order valence-electron chi connectivity index (χ3n) is 4.91. The number of fused-ring (bicyclic) bond motifs is 2. The largest absolute Gasteiger partial charge is 0.427 e. The summed E-state index contributed by atoms with van der Waals surface area (Å²) in [5.41, 5.74) is 0. The molecule has 0 spiro atoms. The van der Waals surface area contributed by atoms with Crippen molar-refractivity contribution < 1.29 is 8.85 Å². The van der Waals surface area contributed by atoms with Crippen LogP contribution in [0.3, 0.4) is 0 Å². The molecule has 1 saturated heterocycles. The number of allylic oxidation sites excluding steroid dienone is 2. The molecule has 1 saturated carbocycles. The van der Waals surface area contributed by atoms with Gasteiger partial charge in [-0.25, -0.2) is 0 Å². The molecule has 96 valence electrons. The quantitative estimate of drug-likeness (QED) is 0.566. The molecule has 3 atom stereocenters.